The van der Waals surface area contributed by atoms with Gasteiger partial charge in [-0.2, -0.15) is 15.5 Å². The lowest BCUT2D eigenvalue weighted by Gasteiger charge is -2.06. The molecule has 1 atom stereocenters. The number of nitriles is 1. The maximum atomic E-state index is 11.7. The molecule has 0 aliphatic heterocycles. The number of aryl methyl sites for hydroxylation is 1. The van der Waals surface area contributed by atoms with Crippen LogP contribution in [0.15, 0.2) is 47.1 Å². The van der Waals surface area contributed by atoms with Crippen LogP contribution in [0.1, 0.15) is 31.7 Å². The third-order valence-corrected chi connectivity index (χ3v) is 3.11. The van der Waals surface area contributed by atoms with Gasteiger partial charge < -0.3 is 5.32 Å². The summed E-state index contributed by atoms with van der Waals surface area (Å²) in [6, 6.07) is 8.39. The number of rotatable bonds is 9. The van der Waals surface area contributed by atoms with Gasteiger partial charge in [-0.1, -0.05) is 44.0 Å². The van der Waals surface area contributed by atoms with Crippen molar-refractivity contribution in [2.75, 3.05) is 6.54 Å². The van der Waals surface area contributed by atoms with Gasteiger partial charge in [-0.3, -0.25) is 4.79 Å². The Labute approximate surface area is 131 Å². The fourth-order valence-corrected chi connectivity index (χ4v) is 1.91. The van der Waals surface area contributed by atoms with E-state index in [1.165, 1.54) is 0 Å². The first-order chi connectivity index (χ1) is 10.7. The van der Waals surface area contributed by atoms with Crippen LogP contribution in [0.2, 0.25) is 0 Å². The highest BCUT2D eigenvalue weighted by Gasteiger charge is 2.15. The monoisotopic (exact) mass is 298 g/mol. The predicted octanol–water partition coefficient (Wildman–Crippen LogP) is 3.70. The van der Waals surface area contributed by atoms with Crippen molar-refractivity contribution in [1.29, 1.82) is 5.26 Å². The highest BCUT2D eigenvalue weighted by molar-refractivity contribution is 5.84. The minimum absolute atomic E-state index is 0.306. The molecule has 1 amide bonds. The lowest BCUT2D eigenvalue weighted by molar-refractivity contribution is -0.121. The Morgan fingerprint density at radius 1 is 1.45 bits per heavy atom. The number of hydrogen-bond acceptors (Lipinski definition) is 4. The van der Waals surface area contributed by atoms with Gasteiger partial charge in [0.1, 0.15) is 6.07 Å². The van der Waals surface area contributed by atoms with Gasteiger partial charge in [0, 0.05) is 6.54 Å². The van der Waals surface area contributed by atoms with E-state index in [0.29, 0.717) is 6.54 Å². The van der Waals surface area contributed by atoms with Crippen molar-refractivity contribution in [2.24, 2.45) is 10.2 Å². The Kier molecular flexibility index (Phi) is 8.21. The largest absolute Gasteiger partial charge is 0.350 e. The standard InChI is InChI=1S/C17H22N4O/c1-3-5-6-9-14-10-7-8-11-15(14)20-21-16(13-18)17(22)19-12-4-2/h4,7-8,10-11,16H,2-3,5-6,9,12H2,1H3,(H,19,22). The average molecular weight is 298 g/mol. The summed E-state index contributed by atoms with van der Waals surface area (Å²) >= 11 is 0. The molecule has 1 aromatic carbocycles. The van der Waals surface area contributed by atoms with Crippen LogP contribution >= 0.6 is 0 Å². The molecule has 0 spiro atoms. The lowest BCUT2D eigenvalue weighted by Crippen LogP contribution is -2.32. The molecule has 1 rings (SSSR count). The van der Waals surface area contributed by atoms with E-state index in [1.807, 2.05) is 30.3 Å². The lowest BCUT2D eigenvalue weighted by atomic mass is 10.1. The zero-order chi connectivity index (χ0) is 16.2. The van der Waals surface area contributed by atoms with Crippen LogP contribution in [-0.2, 0) is 11.2 Å². The van der Waals surface area contributed by atoms with Gasteiger partial charge >= 0.3 is 0 Å². The number of amides is 1. The molecule has 1 unspecified atom stereocenters. The van der Waals surface area contributed by atoms with Crippen LogP contribution in [-0.4, -0.2) is 18.5 Å². The van der Waals surface area contributed by atoms with Crippen LogP contribution in [0.3, 0.4) is 0 Å². The molecule has 0 heterocycles. The third-order valence-electron chi connectivity index (χ3n) is 3.11. The topological polar surface area (TPSA) is 77.6 Å². The summed E-state index contributed by atoms with van der Waals surface area (Å²) in [5, 5.41) is 19.5. The molecular weight excluding hydrogens is 276 g/mol. The molecule has 5 nitrogen and oxygen atoms in total. The maximum absolute atomic E-state index is 11.7. The Bertz CT molecular complexity index is 560. The van der Waals surface area contributed by atoms with Crippen molar-refractivity contribution in [3.05, 3.63) is 42.5 Å². The van der Waals surface area contributed by atoms with Gasteiger partial charge in [0.25, 0.3) is 5.91 Å². The summed E-state index contributed by atoms with van der Waals surface area (Å²) in [5.74, 6) is -0.463. The predicted molar refractivity (Wildman–Crippen MR) is 86.8 cm³/mol. The summed E-state index contributed by atoms with van der Waals surface area (Å²) in [7, 11) is 0. The number of benzene rings is 1. The second kappa shape index (κ2) is 10.3. The number of nitrogens with one attached hydrogen (secondary N) is 1. The van der Waals surface area contributed by atoms with E-state index in [1.54, 1.807) is 6.08 Å². The zero-order valence-corrected chi connectivity index (χ0v) is 13.0. The number of unbranched alkanes of at least 4 members (excludes halogenated alkanes) is 2. The number of azo groups is 1. The zero-order valence-electron chi connectivity index (χ0n) is 13.0. The van der Waals surface area contributed by atoms with Crippen LogP contribution in [0.4, 0.5) is 5.69 Å². The highest BCUT2D eigenvalue weighted by Crippen LogP contribution is 2.21. The number of carbonyl (C=O) groups is 1. The van der Waals surface area contributed by atoms with E-state index in [4.69, 9.17) is 5.26 Å². The molecule has 22 heavy (non-hydrogen) atoms. The molecular formula is C17H22N4O. The van der Waals surface area contributed by atoms with Crippen LogP contribution in [0.25, 0.3) is 0 Å². The van der Waals surface area contributed by atoms with Gasteiger partial charge in [-0.15, -0.1) is 6.58 Å². The first kappa shape index (κ1) is 17.6. The van der Waals surface area contributed by atoms with Crippen molar-refractivity contribution in [1.82, 2.24) is 5.32 Å². The molecule has 0 fully saturated rings. The van der Waals surface area contributed by atoms with Crippen molar-refractivity contribution in [2.45, 2.75) is 38.6 Å². The minimum atomic E-state index is -1.14. The van der Waals surface area contributed by atoms with Crippen molar-refractivity contribution >= 4 is 11.6 Å². The van der Waals surface area contributed by atoms with E-state index in [2.05, 4.69) is 29.0 Å². The van der Waals surface area contributed by atoms with Crippen molar-refractivity contribution < 1.29 is 4.79 Å². The maximum Gasteiger partial charge on any atom is 0.261 e. The van der Waals surface area contributed by atoms with Gasteiger partial charge in [-0.25, -0.2) is 0 Å². The van der Waals surface area contributed by atoms with Crippen LogP contribution in [0.5, 0.6) is 0 Å². The molecule has 116 valence electrons. The fourth-order valence-electron chi connectivity index (χ4n) is 1.91. The van der Waals surface area contributed by atoms with Crippen molar-refractivity contribution in [3.8, 4) is 6.07 Å². The smallest absolute Gasteiger partial charge is 0.261 e. The molecule has 0 aliphatic rings. The summed E-state index contributed by atoms with van der Waals surface area (Å²) in [4.78, 5) is 11.7. The molecule has 0 aliphatic carbocycles. The average Bonchev–Trinajstić information content (AvgIpc) is 2.55. The number of nitrogens with zero attached hydrogens (tertiary/aromatic N) is 3. The molecule has 1 aromatic rings. The first-order valence-electron chi connectivity index (χ1n) is 7.49. The number of carbonyl (C=O) groups excluding carboxylic acids is 1. The number of hydrogen-bond donors (Lipinski definition) is 1. The second-order valence-corrected chi connectivity index (χ2v) is 4.87. The molecule has 5 heteroatoms. The van der Waals surface area contributed by atoms with Gasteiger partial charge in [0.05, 0.1) is 5.69 Å². The van der Waals surface area contributed by atoms with Gasteiger partial charge in [-0.05, 0) is 24.5 Å². The van der Waals surface area contributed by atoms with E-state index < -0.39 is 11.9 Å². The van der Waals surface area contributed by atoms with Crippen LogP contribution < -0.4 is 5.32 Å². The molecule has 0 aromatic heterocycles. The summed E-state index contributed by atoms with van der Waals surface area (Å²) < 4.78 is 0. The summed E-state index contributed by atoms with van der Waals surface area (Å²) in [6.07, 6.45) is 5.87. The Morgan fingerprint density at radius 3 is 2.91 bits per heavy atom. The first-order valence-corrected chi connectivity index (χ1v) is 7.49. The van der Waals surface area contributed by atoms with Crippen LogP contribution in [0, 0.1) is 11.3 Å². The normalized spacial score (nSPS) is 11.8. The molecule has 1 N–H and O–H groups in total. The Morgan fingerprint density at radius 2 is 2.23 bits per heavy atom. The fraction of sp³-hybridized carbons (Fsp3) is 0.412. The van der Waals surface area contributed by atoms with Gasteiger partial charge in [0.2, 0.25) is 6.04 Å². The SMILES string of the molecule is C=CCNC(=O)C(C#N)N=Nc1ccccc1CCCCC. The van der Waals surface area contributed by atoms with E-state index in [9.17, 15) is 4.79 Å². The Hall–Kier alpha value is -2.48. The Balaban J connectivity index is 2.77. The third kappa shape index (κ3) is 5.88. The second-order valence-electron chi connectivity index (χ2n) is 4.87. The highest BCUT2D eigenvalue weighted by atomic mass is 16.2. The van der Waals surface area contributed by atoms with Gasteiger partial charge in [0.15, 0.2) is 0 Å². The molecule has 0 radical (unpaired) electrons. The van der Waals surface area contributed by atoms with E-state index >= 15 is 0 Å². The summed E-state index contributed by atoms with van der Waals surface area (Å²) in [6.45, 7) is 5.97. The van der Waals surface area contributed by atoms with Crippen molar-refractivity contribution in [3.63, 3.8) is 0 Å². The summed E-state index contributed by atoms with van der Waals surface area (Å²) in [5.41, 5.74) is 1.80. The van der Waals surface area contributed by atoms with E-state index in [0.717, 1.165) is 36.9 Å². The van der Waals surface area contributed by atoms with E-state index in [-0.39, 0.29) is 0 Å². The molecule has 0 saturated heterocycles. The molecule has 0 saturated carbocycles. The minimum Gasteiger partial charge on any atom is -0.350 e. The quantitative estimate of drug-likeness (QED) is 0.428. The molecule has 0 bridgehead atoms.